The second kappa shape index (κ2) is 6.92. The average molecular weight is 262 g/mol. The highest BCUT2D eigenvalue weighted by molar-refractivity contribution is 5.95. The van der Waals surface area contributed by atoms with Gasteiger partial charge in [-0.25, -0.2) is 0 Å². The number of benzene rings is 1. The van der Waals surface area contributed by atoms with E-state index in [2.05, 4.69) is 10.6 Å². The van der Waals surface area contributed by atoms with Crippen LogP contribution in [0.5, 0.6) is 0 Å². The van der Waals surface area contributed by atoms with Crippen LogP contribution in [0, 0.1) is 20.8 Å². The van der Waals surface area contributed by atoms with Crippen LogP contribution in [0.1, 0.15) is 36.5 Å². The minimum atomic E-state index is -0.195. The van der Waals surface area contributed by atoms with Crippen LogP contribution in [-0.2, 0) is 9.59 Å². The zero-order valence-corrected chi connectivity index (χ0v) is 12.1. The van der Waals surface area contributed by atoms with Crippen LogP contribution in [0.25, 0.3) is 0 Å². The van der Waals surface area contributed by atoms with Crippen molar-refractivity contribution in [3.63, 3.8) is 0 Å². The summed E-state index contributed by atoms with van der Waals surface area (Å²) in [5.74, 6) is -0.283. The summed E-state index contributed by atoms with van der Waals surface area (Å²) in [5.41, 5.74) is 4.07. The third-order valence-electron chi connectivity index (χ3n) is 2.86. The van der Waals surface area contributed by atoms with Gasteiger partial charge in [0, 0.05) is 12.1 Å². The highest BCUT2D eigenvalue weighted by Crippen LogP contribution is 2.21. The smallest absolute Gasteiger partial charge is 0.243 e. The van der Waals surface area contributed by atoms with Gasteiger partial charge < -0.3 is 10.6 Å². The van der Waals surface area contributed by atoms with Gasteiger partial charge in [0.05, 0.1) is 6.54 Å². The third-order valence-corrected chi connectivity index (χ3v) is 2.86. The standard InChI is InChI=1S/C15H22N2O2/c1-5-6-13(18)16-9-14(19)17-15-11(3)7-10(2)8-12(15)4/h7-8H,5-6,9H2,1-4H3,(H,16,18)(H,17,19). The van der Waals surface area contributed by atoms with Gasteiger partial charge in [0.25, 0.3) is 0 Å². The molecule has 4 nitrogen and oxygen atoms in total. The maximum absolute atomic E-state index is 11.8. The van der Waals surface area contributed by atoms with Crippen LogP contribution < -0.4 is 10.6 Å². The van der Waals surface area contributed by atoms with Crippen LogP contribution >= 0.6 is 0 Å². The molecule has 19 heavy (non-hydrogen) atoms. The van der Waals surface area contributed by atoms with E-state index in [1.54, 1.807) is 0 Å². The molecule has 0 aliphatic carbocycles. The lowest BCUT2D eigenvalue weighted by atomic mass is 10.1. The number of amides is 2. The lowest BCUT2D eigenvalue weighted by molar-refractivity contribution is -0.124. The van der Waals surface area contributed by atoms with Gasteiger partial charge in [0.2, 0.25) is 11.8 Å². The molecule has 0 aliphatic rings. The molecule has 104 valence electrons. The number of nitrogens with one attached hydrogen (secondary N) is 2. The molecule has 4 heteroatoms. The van der Waals surface area contributed by atoms with Gasteiger partial charge in [-0.3, -0.25) is 9.59 Å². The molecule has 0 fully saturated rings. The molecule has 2 N–H and O–H groups in total. The molecule has 0 unspecified atom stereocenters. The monoisotopic (exact) mass is 262 g/mol. The van der Waals surface area contributed by atoms with Crippen molar-refractivity contribution < 1.29 is 9.59 Å². The molecule has 0 saturated heterocycles. The van der Waals surface area contributed by atoms with Gasteiger partial charge in [-0.05, 0) is 38.3 Å². The van der Waals surface area contributed by atoms with Gasteiger partial charge in [-0.1, -0.05) is 24.6 Å². The quantitative estimate of drug-likeness (QED) is 0.856. The predicted octanol–water partition coefficient (Wildman–Crippen LogP) is 2.47. The average Bonchev–Trinajstić information content (AvgIpc) is 2.31. The second-order valence-electron chi connectivity index (χ2n) is 4.85. The van der Waals surface area contributed by atoms with Gasteiger partial charge in [-0.15, -0.1) is 0 Å². The molecule has 0 aromatic heterocycles. The van der Waals surface area contributed by atoms with E-state index in [0.717, 1.165) is 23.2 Å². The van der Waals surface area contributed by atoms with Crippen molar-refractivity contribution in [2.75, 3.05) is 11.9 Å². The van der Waals surface area contributed by atoms with Crippen LogP contribution in [0.4, 0.5) is 5.69 Å². The topological polar surface area (TPSA) is 58.2 Å². The number of anilines is 1. The Morgan fingerprint density at radius 1 is 1.05 bits per heavy atom. The highest BCUT2D eigenvalue weighted by atomic mass is 16.2. The minimum Gasteiger partial charge on any atom is -0.347 e. The first-order valence-electron chi connectivity index (χ1n) is 6.58. The molecule has 0 aliphatic heterocycles. The summed E-state index contributed by atoms with van der Waals surface area (Å²) in [6.45, 7) is 7.90. The van der Waals surface area contributed by atoms with Gasteiger partial charge >= 0.3 is 0 Å². The van der Waals surface area contributed by atoms with Crippen LogP contribution in [0.15, 0.2) is 12.1 Å². The summed E-state index contributed by atoms with van der Waals surface area (Å²) < 4.78 is 0. The van der Waals surface area contributed by atoms with E-state index >= 15 is 0 Å². The molecular weight excluding hydrogens is 240 g/mol. The number of rotatable bonds is 5. The summed E-state index contributed by atoms with van der Waals surface area (Å²) in [7, 11) is 0. The number of hydrogen-bond acceptors (Lipinski definition) is 2. The van der Waals surface area contributed by atoms with E-state index < -0.39 is 0 Å². The number of carbonyl (C=O) groups is 2. The molecule has 0 atom stereocenters. The zero-order valence-electron chi connectivity index (χ0n) is 12.1. The lowest BCUT2D eigenvalue weighted by Gasteiger charge is -2.13. The molecule has 1 aromatic rings. The molecule has 0 radical (unpaired) electrons. The fraction of sp³-hybridized carbons (Fsp3) is 0.467. The summed E-state index contributed by atoms with van der Waals surface area (Å²) in [4.78, 5) is 23.1. The Morgan fingerprint density at radius 3 is 2.16 bits per heavy atom. The number of carbonyl (C=O) groups excluding carboxylic acids is 2. The lowest BCUT2D eigenvalue weighted by Crippen LogP contribution is -2.32. The first-order chi connectivity index (χ1) is 8.93. The third kappa shape index (κ3) is 4.73. The van der Waals surface area contributed by atoms with Crippen molar-refractivity contribution in [1.29, 1.82) is 0 Å². The van der Waals surface area contributed by atoms with Crippen molar-refractivity contribution in [2.24, 2.45) is 0 Å². The van der Waals surface area contributed by atoms with E-state index in [-0.39, 0.29) is 18.4 Å². The van der Waals surface area contributed by atoms with Crippen molar-refractivity contribution in [1.82, 2.24) is 5.32 Å². The normalized spacial score (nSPS) is 10.1. The van der Waals surface area contributed by atoms with Crippen LogP contribution in [-0.4, -0.2) is 18.4 Å². The van der Waals surface area contributed by atoms with Crippen molar-refractivity contribution >= 4 is 17.5 Å². The Hall–Kier alpha value is -1.84. The van der Waals surface area contributed by atoms with Crippen LogP contribution in [0.2, 0.25) is 0 Å². The van der Waals surface area contributed by atoms with E-state index in [4.69, 9.17) is 0 Å². The minimum absolute atomic E-state index is 0.0194. The van der Waals surface area contributed by atoms with Crippen molar-refractivity contribution in [3.05, 3.63) is 28.8 Å². The van der Waals surface area contributed by atoms with Crippen LogP contribution in [0.3, 0.4) is 0 Å². The fourth-order valence-corrected chi connectivity index (χ4v) is 2.06. The summed E-state index contributed by atoms with van der Waals surface area (Å²) >= 11 is 0. The molecular formula is C15H22N2O2. The van der Waals surface area contributed by atoms with Crippen molar-refractivity contribution in [3.8, 4) is 0 Å². The first-order valence-corrected chi connectivity index (χ1v) is 6.58. The Morgan fingerprint density at radius 2 is 1.63 bits per heavy atom. The largest absolute Gasteiger partial charge is 0.347 e. The Bertz CT molecular complexity index is 458. The maximum Gasteiger partial charge on any atom is 0.243 e. The van der Waals surface area contributed by atoms with E-state index in [1.807, 2.05) is 39.8 Å². The molecule has 0 saturated carbocycles. The number of aryl methyl sites for hydroxylation is 3. The number of hydrogen-bond donors (Lipinski definition) is 2. The Kier molecular flexibility index (Phi) is 5.55. The van der Waals surface area contributed by atoms with Crippen molar-refractivity contribution in [2.45, 2.75) is 40.5 Å². The van der Waals surface area contributed by atoms with E-state index in [9.17, 15) is 9.59 Å². The summed E-state index contributed by atoms with van der Waals surface area (Å²) in [6.07, 6.45) is 1.24. The van der Waals surface area contributed by atoms with E-state index in [1.165, 1.54) is 5.56 Å². The molecule has 1 rings (SSSR count). The van der Waals surface area contributed by atoms with Gasteiger partial charge in [0.1, 0.15) is 0 Å². The first kappa shape index (κ1) is 15.2. The Labute approximate surface area is 114 Å². The molecule has 0 bridgehead atoms. The summed E-state index contributed by atoms with van der Waals surface area (Å²) in [6, 6.07) is 4.05. The van der Waals surface area contributed by atoms with E-state index in [0.29, 0.717) is 6.42 Å². The predicted molar refractivity (Wildman–Crippen MR) is 77.2 cm³/mol. The fourth-order valence-electron chi connectivity index (χ4n) is 2.06. The Balaban J connectivity index is 2.60. The molecule has 2 amide bonds. The SMILES string of the molecule is CCCC(=O)NCC(=O)Nc1c(C)cc(C)cc1C. The maximum atomic E-state index is 11.8. The molecule has 0 spiro atoms. The summed E-state index contributed by atoms with van der Waals surface area (Å²) in [5, 5.41) is 5.45. The zero-order chi connectivity index (χ0) is 14.4. The highest BCUT2D eigenvalue weighted by Gasteiger charge is 2.09. The van der Waals surface area contributed by atoms with Gasteiger partial charge in [-0.2, -0.15) is 0 Å². The molecule has 1 aromatic carbocycles. The van der Waals surface area contributed by atoms with Gasteiger partial charge in [0.15, 0.2) is 0 Å². The second-order valence-corrected chi connectivity index (χ2v) is 4.85. The molecule has 0 heterocycles.